The second-order valence-electron chi connectivity index (χ2n) is 7.19. The second kappa shape index (κ2) is 11.6. The number of benzene rings is 1. The number of hydrogen-bond acceptors (Lipinski definition) is 13. The van der Waals surface area contributed by atoms with Crippen LogP contribution in [0.3, 0.4) is 0 Å². The Morgan fingerprint density at radius 1 is 0.882 bits per heavy atom. The van der Waals surface area contributed by atoms with Crippen LogP contribution in [0.5, 0.6) is 0 Å². The van der Waals surface area contributed by atoms with Gasteiger partial charge >= 0.3 is 23.9 Å². The number of carbonyl (C=O) groups is 4. The van der Waals surface area contributed by atoms with Crippen LogP contribution in [0.15, 0.2) is 33.9 Å². The molecule has 2 heterocycles. The van der Waals surface area contributed by atoms with E-state index in [0.717, 1.165) is 21.6 Å². The van der Waals surface area contributed by atoms with E-state index in [4.69, 9.17) is 28.1 Å². The molecule has 1 aromatic carbocycles. The molecule has 0 unspecified atom stereocenters. The Morgan fingerprint density at radius 2 is 1.50 bits per heavy atom. The number of para-hydroxylation sites is 2. The van der Waals surface area contributed by atoms with Crippen molar-refractivity contribution in [1.29, 1.82) is 0 Å². The lowest BCUT2D eigenvalue weighted by molar-refractivity contribution is -0.237. The van der Waals surface area contributed by atoms with Crippen molar-refractivity contribution in [2.45, 2.75) is 62.8 Å². The molecule has 0 aliphatic carbocycles. The van der Waals surface area contributed by atoms with Crippen molar-refractivity contribution in [1.82, 2.24) is 4.98 Å². The number of ether oxygens (including phenoxy) is 5. The second-order valence-corrected chi connectivity index (χ2v) is 9.45. The fraction of sp³-hybridized carbons (Fsp3) is 0.476. The van der Waals surface area contributed by atoms with Gasteiger partial charge in [0, 0.05) is 38.5 Å². The predicted octanol–water partition coefficient (Wildman–Crippen LogP) is 2.65. The third-order valence-electron chi connectivity index (χ3n) is 4.44. The van der Waals surface area contributed by atoms with E-state index >= 15 is 0 Å². The van der Waals surface area contributed by atoms with Gasteiger partial charge in [-0.05, 0) is 22.9 Å². The molecule has 0 saturated carbocycles. The van der Waals surface area contributed by atoms with Crippen LogP contribution in [0.25, 0.3) is 11.1 Å². The Bertz CT molecular complexity index is 1020. The zero-order chi connectivity index (χ0) is 24.8. The summed E-state index contributed by atoms with van der Waals surface area (Å²) in [5.41, 5.74) is 0.319. The minimum absolute atomic E-state index is 0.289. The highest BCUT2D eigenvalue weighted by Crippen LogP contribution is 2.42. The largest absolute Gasteiger partial charge is 0.463 e. The summed E-state index contributed by atoms with van der Waals surface area (Å²) in [6.45, 7) is 4.44. The topological polar surface area (TPSA) is 140 Å². The molecule has 2 aromatic rings. The first kappa shape index (κ1) is 25.8. The van der Waals surface area contributed by atoms with Crippen LogP contribution in [0.2, 0.25) is 0 Å². The number of carbonyl (C=O) groups excluding carboxylic acids is 4. The minimum atomic E-state index is -1.22. The van der Waals surface area contributed by atoms with Crippen LogP contribution in [0.4, 0.5) is 0 Å². The number of aromatic nitrogens is 1. The van der Waals surface area contributed by atoms with Gasteiger partial charge in [0.25, 0.3) is 5.22 Å². The molecule has 1 aliphatic rings. The normalized spacial score (nSPS) is 24.3. The van der Waals surface area contributed by atoms with Gasteiger partial charge < -0.3 is 28.1 Å². The number of oxazole rings is 1. The fourth-order valence-electron chi connectivity index (χ4n) is 3.24. The summed E-state index contributed by atoms with van der Waals surface area (Å²) in [4.78, 5) is 51.3. The van der Waals surface area contributed by atoms with Gasteiger partial charge in [-0.1, -0.05) is 12.1 Å². The minimum Gasteiger partial charge on any atom is -0.463 e. The lowest BCUT2D eigenvalue weighted by atomic mass is 9.99. The third kappa shape index (κ3) is 6.87. The first-order valence-electron chi connectivity index (χ1n) is 10.1. The van der Waals surface area contributed by atoms with Crippen molar-refractivity contribution < 1.29 is 47.3 Å². The molecule has 11 nitrogen and oxygen atoms in total. The summed E-state index contributed by atoms with van der Waals surface area (Å²) in [6, 6.07) is 7.20. The van der Waals surface area contributed by atoms with Crippen LogP contribution in [-0.4, -0.2) is 65.3 Å². The van der Waals surface area contributed by atoms with E-state index in [-0.39, 0.29) is 6.61 Å². The van der Waals surface area contributed by atoms with Crippen LogP contribution in [-0.2, 0) is 42.9 Å². The Balaban J connectivity index is 1.89. The smallest absolute Gasteiger partial charge is 0.303 e. The molecule has 5 atom stereocenters. The summed E-state index contributed by atoms with van der Waals surface area (Å²) >= 11 is 0. The summed E-state index contributed by atoms with van der Waals surface area (Å²) in [5, 5.41) is 0.319. The Morgan fingerprint density at radius 3 is 2.12 bits per heavy atom. The van der Waals surface area contributed by atoms with Gasteiger partial charge in [0.15, 0.2) is 29.3 Å². The molecule has 0 radical (unpaired) electrons. The first-order valence-corrected chi connectivity index (χ1v) is 12.3. The number of rotatable bonds is 8. The molecule has 34 heavy (non-hydrogen) atoms. The molecule has 1 fully saturated rings. The summed E-state index contributed by atoms with van der Waals surface area (Å²) in [5.74, 6) is -2.63. The number of esters is 4. The molecule has 1 aromatic heterocycles. The van der Waals surface area contributed by atoms with E-state index in [9.17, 15) is 19.2 Å². The molecule has 0 N–H and O–H groups in total. The lowest BCUT2D eigenvalue weighted by Crippen LogP contribution is -2.61. The van der Waals surface area contributed by atoms with Crippen LogP contribution in [0.1, 0.15) is 27.7 Å². The summed E-state index contributed by atoms with van der Waals surface area (Å²) in [7, 11) is 2.21. The van der Waals surface area contributed by atoms with Crippen molar-refractivity contribution in [3.05, 3.63) is 24.3 Å². The van der Waals surface area contributed by atoms with E-state index in [0.29, 0.717) is 16.3 Å². The molecule has 0 amide bonds. The van der Waals surface area contributed by atoms with Gasteiger partial charge in [0.1, 0.15) is 18.2 Å². The monoisotopic (exact) mass is 513 g/mol. The molecule has 1 saturated heterocycles. The van der Waals surface area contributed by atoms with E-state index in [1.54, 1.807) is 12.1 Å². The van der Waals surface area contributed by atoms with Gasteiger partial charge in [0.2, 0.25) is 0 Å². The van der Waals surface area contributed by atoms with E-state index in [2.05, 4.69) is 4.98 Å². The highest BCUT2D eigenvalue weighted by atomic mass is 33.1. The first-order chi connectivity index (χ1) is 16.1. The van der Waals surface area contributed by atoms with Gasteiger partial charge in [-0.3, -0.25) is 19.2 Å². The average Bonchev–Trinajstić information content (AvgIpc) is 3.16. The molecular formula is C21H23NO10S2. The maximum Gasteiger partial charge on any atom is 0.303 e. The number of nitrogens with zero attached hydrogens (tertiary/aromatic N) is 1. The van der Waals surface area contributed by atoms with Crippen molar-refractivity contribution >= 4 is 56.6 Å². The SMILES string of the molecule is CC(=O)OC[C@H]1O[C@H](SSc2nc3ccccc3o2)[C@@H](OC(C)=O)[C@@H](OC(C)=O)[C@@H]1OC(C)=O. The van der Waals surface area contributed by atoms with Gasteiger partial charge in [-0.2, -0.15) is 0 Å². The van der Waals surface area contributed by atoms with E-state index < -0.39 is 53.7 Å². The van der Waals surface area contributed by atoms with Gasteiger partial charge in [-0.25, -0.2) is 4.98 Å². The maximum absolute atomic E-state index is 11.9. The summed E-state index contributed by atoms with van der Waals surface area (Å²) < 4.78 is 33.0. The van der Waals surface area contributed by atoms with Crippen molar-refractivity contribution in [2.24, 2.45) is 0 Å². The Kier molecular flexibility index (Phi) is 8.80. The van der Waals surface area contributed by atoms with E-state index in [1.807, 2.05) is 12.1 Å². The maximum atomic E-state index is 11.9. The van der Waals surface area contributed by atoms with Crippen LogP contribution >= 0.6 is 21.6 Å². The summed E-state index contributed by atoms with van der Waals surface area (Å²) in [6.07, 6.45) is -4.58. The number of hydrogen-bond donors (Lipinski definition) is 0. The number of fused-ring (bicyclic) bond motifs is 1. The molecule has 0 bridgehead atoms. The molecule has 1 aliphatic heterocycles. The average molecular weight is 514 g/mol. The molecular weight excluding hydrogens is 490 g/mol. The molecule has 3 rings (SSSR count). The Labute approximate surface area is 202 Å². The molecule has 13 heteroatoms. The zero-order valence-electron chi connectivity index (χ0n) is 18.7. The lowest BCUT2D eigenvalue weighted by Gasteiger charge is -2.43. The van der Waals surface area contributed by atoms with Crippen molar-refractivity contribution in [2.75, 3.05) is 6.61 Å². The molecule has 0 spiro atoms. The quantitative estimate of drug-likeness (QED) is 0.290. The van der Waals surface area contributed by atoms with E-state index in [1.165, 1.54) is 27.7 Å². The predicted molar refractivity (Wildman–Crippen MR) is 119 cm³/mol. The van der Waals surface area contributed by atoms with Gasteiger partial charge in [0.05, 0.1) is 0 Å². The van der Waals surface area contributed by atoms with Crippen molar-refractivity contribution in [3.8, 4) is 0 Å². The third-order valence-corrected chi connectivity index (χ3v) is 6.70. The van der Waals surface area contributed by atoms with Gasteiger partial charge in [-0.15, -0.1) is 0 Å². The van der Waals surface area contributed by atoms with Crippen LogP contribution < -0.4 is 0 Å². The zero-order valence-corrected chi connectivity index (χ0v) is 20.4. The Hall–Kier alpha value is -2.77. The highest BCUT2D eigenvalue weighted by molar-refractivity contribution is 8.76. The standard InChI is InChI=1S/C21H23NO10S2/c1-10(23)27-9-16-17(28-11(2)24)18(29-12(3)25)19(30-13(4)26)20(31-16)33-34-21-22-14-7-5-6-8-15(14)32-21/h5-8,16-20H,9H2,1-4H3/t16-,17-,18+,19+,20-/m1/s1. The van der Waals surface area contributed by atoms with Crippen molar-refractivity contribution in [3.63, 3.8) is 0 Å². The highest BCUT2D eigenvalue weighted by Gasteiger charge is 2.52. The molecule has 184 valence electrons. The van der Waals surface area contributed by atoms with Crippen LogP contribution in [0, 0.1) is 0 Å². The fourth-order valence-corrected chi connectivity index (χ4v) is 5.40.